The highest BCUT2D eigenvalue weighted by atomic mass is 16.5. The van der Waals surface area contributed by atoms with E-state index >= 15 is 0 Å². The Morgan fingerprint density at radius 3 is 2.52 bits per heavy atom. The van der Waals surface area contributed by atoms with Crippen molar-refractivity contribution in [2.45, 2.75) is 26.3 Å². The van der Waals surface area contributed by atoms with Gasteiger partial charge in [0, 0.05) is 39.1 Å². The summed E-state index contributed by atoms with van der Waals surface area (Å²) in [5.74, 6) is 0.895. The van der Waals surface area contributed by atoms with Crippen LogP contribution in [-0.4, -0.2) is 55.0 Å². The number of ether oxygens (including phenoxy) is 1. The molecule has 1 saturated heterocycles. The Labute approximate surface area is 126 Å². The molecule has 21 heavy (non-hydrogen) atoms. The summed E-state index contributed by atoms with van der Waals surface area (Å²) >= 11 is 0. The third-order valence-corrected chi connectivity index (χ3v) is 4.21. The summed E-state index contributed by atoms with van der Waals surface area (Å²) in [6, 6.07) is 6.41. The van der Waals surface area contributed by atoms with Gasteiger partial charge in [-0.25, -0.2) is 0 Å². The van der Waals surface area contributed by atoms with Gasteiger partial charge >= 0.3 is 0 Å². The summed E-state index contributed by atoms with van der Waals surface area (Å²) in [6.07, 6.45) is 0.953. The maximum Gasteiger partial charge on any atom is 0.219 e. The van der Waals surface area contributed by atoms with Crippen LogP contribution < -0.4 is 10.5 Å². The zero-order valence-electron chi connectivity index (χ0n) is 13.1. The van der Waals surface area contributed by atoms with Gasteiger partial charge in [0.2, 0.25) is 5.91 Å². The van der Waals surface area contributed by atoms with Gasteiger partial charge in [-0.1, -0.05) is 6.07 Å². The number of nitrogen functional groups attached to an aromatic ring is 1. The van der Waals surface area contributed by atoms with Crippen molar-refractivity contribution in [3.05, 3.63) is 23.8 Å². The monoisotopic (exact) mass is 291 g/mol. The van der Waals surface area contributed by atoms with Crippen LogP contribution >= 0.6 is 0 Å². The minimum atomic E-state index is 0.172. The maximum atomic E-state index is 11.3. The van der Waals surface area contributed by atoms with Crippen molar-refractivity contribution in [1.29, 1.82) is 0 Å². The summed E-state index contributed by atoms with van der Waals surface area (Å²) < 4.78 is 5.18. The molecule has 5 nitrogen and oxygen atoms in total. The number of hydrogen-bond donors (Lipinski definition) is 1. The maximum absolute atomic E-state index is 11.3. The Kier molecular flexibility index (Phi) is 5.07. The van der Waals surface area contributed by atoms with Crippen molar-refractivity contribution in [2.75, 3.05) is 39.0 Å². The SMILES string of the molecule is COc1ccc(CC(C)N2CCN(C(C)=O)CC2)cc1N. The molecule has 0 aromatic heterocycles. The summed E-state index contributed by atoms with van der Waals surface area (Å²) in [4.78, 5) is 15.7. The van der Waals surface area contributed by atoms with Crippen LogP contribution in [0.5, 0.6) is 5.75 Å². The second-order valence-electron chi connectivity index (χ2n) is 5.67. The number of amides is 1. The predicted octanol–water partition coefficient (Wildman–Crippen LogP) is 1.37. The van der Waals surface area contributed by atoms with E-state index in [1.54, 1.807) is 14.0 Å². The van der Waals surface area contributed by atoms with Crippen molar-refractivity contribution in [1.82, 2.24) is 9.80 Å². The molecule has 1 unspecified atom stereocenters. The predicted molar refractivity (Wildman–Crippen MR) is 84.4 cm³/mol. The van der Waals surface area contributed by atoms with Crippen molar-refractivity contribution in [3.8, 4) is 5.75 Å². The topological polar surface area (TPSA) is 58.8 Å². The minimum absolute atomic E-state index is 0.172. The Bertz CT molecular complexity index is 496. The van der Waals surface area contributed by atoms with Gasteiger partial charge in [0.05, 0.1) is 12.8 Å². The lowest BCUT2D eigenvalue weighted by Gasteiger charge is -2.37. The molecule has 0 bridgehead atoms. The number of piperazine rings is 1. The van der Waals surface area contributed by atoms with Gasteiger partial charge in [-0.2, -0.15) is 0 Å². The first-order chi connectivity index (χ1) is 10.0. The van der Waals surface area contributed by atoms with E-state index in [4.69, 9.17) is 10.5 Å². The van der Waals surface area contributed by atoms with Gasteiger partial charge < -0.3 is 15.4 Å². The lowest BCUT2D eigenvalue weighted by Crippen LogP contribution is -2.51. The van der Waals surface area contributed by atoms with E-state index in [1.807, 2.05) is 17.0 Å². The molecule has 5 heteroatoms. The first-order valence-electron chi connectivity index (χ1n) is 7.43. The molecule has 0 spiro atoms. The lowest BCUT2D eigenvalue weighted by molar-refractivity contribution is -0.130. The first kappa shape index (κ1) is 15.6. The molecule has 1 heterocycles. The summed E-state index contributed by atoms with van der Waals surface area (Å²) in [5.41, 5.74) is 7.86. The van der Waals surface area contributed by atoms with E-state index in [-0.39, 0.29) is 5.91 Å². The van der Waals surface area contributed by atoms with Crippen LogP contribution in [0.4, 0.5) is 5.69 Å². The fourth-order valence-corrected chi connectivity index (χ4v) is 2.86. The van der Waals surface area contributed by atoms with E-state index in [0.717, 1.165) is 38.3 Å². The molecule has 1 fully saturated rings. The number of carbonyl (C=O) groups is 1. The standard InChI is InChI=1S/C16H25N3O2/c1-12(18-6-8-19(9-7-18)13(2)20)10-14-4-5-16(21-3)15(17)11-14/h4-5,11-12H,6-10,17H2,1-3H3. The first-order valence-corrected chi connectivity index (χ1v) is 7.43. The van der Waals surface area contributed by atoms with Crippen LogP contribution in [0.3, 0.4) is 0 Å². The van der Waals surface area contributed by atoms with Crippen molar-refractivity contribution < 1.29 is 9.53 Å². The van der Waals surface area contributed by atoms with Crippen LogP contribution in [0.1, 0.15) is 19.4 Å². The quantitative estimate of drug-likeness (QED) is 0.851. The molecule has 0 radical (unpaired) electrons. The zero-order chi connectivity index (χ0) is 15.4. The van der Waals surface area contributed by atoms with E-state index in [1.165, 1.54) is 5.56 Å². The highest BCUT2D eigenvalue weighted by Crippen LogP contribution is 2.23. The van der Waals surface area contributed by atoms with Crippen molar-refractivity contribution >= 4 is 11.6 Å². The van der Waals surface area contributed by atoms with E-state index in [9.17, 15) is 4.79 Å². The fourth-order valence-electron chi connectivity index (χ4n) is 2.86. The number of nitrogens with two attached hydrogens (primary N) is 1. The molecule has 0 saturated carbocycles. The van der Waals surface area contributed by atoms with Crippen LogP contribution in [0.2, 0.25) is 0 Å². The Morgan fingerprint density at radius 1 is 1.33 bits per heavy atom. The average Bonchev–Trinajstić information content (AvgIpc) is 2.47. The number of benzene rings is 1. The Morgan fingerprint density at radius 2 is 2.00 bits per heavy atom. The summed E-state index contributed by atoms with van der Waals surface area (Å²) in [5, 5.41) is 0. The van der Waals surface area contributed by atoms with Crippen LogP contribution in [-0.2, 0) is 11.2 Å². The highest BCUT2D eigenvalue weighted by Gasteiger charge is 2.22. The van der Waals surface area contributed by atoms with Crippen molar-refractivity contribution in [2.24, 2.45) is 0 Å². The lowest BCUT2D eigenvalue weighted by atomic mass is 10.0. The van der Waals surface area contributed by atoms with Gasteiger partial charge in [0.1, 0.15) is 5.75 Å². The van der Waals surface area contributed by atoms with Crippen LogP contribution in [0.25, 0.3) is 0 Å². The molecule has 1 aliphatic rings. The second-order valence-corrected chi connectivity index (χ2v) is 5.67. The fraction of sp³-hybridized carbons (Fsp3) is 0.562. The van der Waals surface area contributed by atoms with Gasteiger partial charge in [0.25, 0.3) is 0 Å². The number of hydrogen-bond acceptors (Lipinski definition) is 4. The zero-order valence-corrected chi connectivity index (χ0v) is 13.1. The number of carbonyl (C=O) groups excluding carboxylic acids is 1. The number of anilines is 1. The third kappa shape index (κ3) is 3.88. The third-order valence-electron chi connectivity index (χ3n) is 4.21. The normalized spacial score (nSPS) is 17.6. The highest BCUT2D eigenvalue weighted by molar-refractivity contribution is 5.73. The van der Waals surface area contributed by atoms with Gasteiger partial charge in [-0.15, -0.1) is 0 Å². The van der Waals surface area contributed by atoms with Gasteiger partial charge in [-0.3, -0.25) is 9.69 Å². The molecule has 0 aliphatic carbocycles. The molecule has 1 aromatic rings. The molecule has 1 aliphatic heterocycles. The van der Waals surface area contributed by atoms with E-state index in [0.29, 0.717) is 11.7 Å². The largest absolute Gasteiger partial charge is 0.495 e. The number of rotatable bonds is 4. The second kappa shape index (κ2) is 6.80. The number of nitrogens with zero attached hydrogens (tertiary/aromatic N) is 2. The van der Waals surface area contributed by atoms with E-state index < -0.39 is 0 Å². The number of methoxy groups -OCH3 is 1. The minimum Gasteiger partial charge on any atom is -0.495 e. The molecule has 116 valence electrons. The smallest absolute Gasteiger partial charge is 0.219 e. The molecular formula is C16H25N3O2. The Hall–Kier alpha value is -1.75. The summed E-state index contributed by atoms with van der Waals surface area (Å²) in [6.45, 7) is 7.39. The molecule has 1 amide bonds. The Balaban J connectivity index is 1.91. The molecule has 2 rings (SSSR count). The van der Waals surface area contributed by atoms with Crippen LogP contribution in [0.15, 0.2) is 18.2 Å². The van der Waals surface area contributed by atoms with Crippen molar-refractivity contribution in [3.63, 3.8) is 0 Å². The van der Waals surface area contributed by atoms with Crippen LogP contribution in [0, 0.1) is 0 Å². The van der Waals surface area contributed by atoms with E-state index in [2.05, 4.69) is 17.9 Å². The van der Waals surface area contributed by atoms with Gasteiger partial charge in [-0.05, 0) is 31.0 Å². The average molecular weight is 291 g/mol. The van der Waals surface area contributed by atoms with Gasteiger partial charge in [0.15, 0.2) is 0 Å². The summed E-state index contributed by atoms with van der Waals surface area (Å²) in [7, 11) is 1.63. The molecular weight excluding hydrogens is 266 g/mol. The molecule has 2 N–H and O–H groups in total. The molecule has 1 aromatic carbocycles. The molecule has 1 atom stereocenters.